The Labute approximate surface area is 110 Å². The van der Waals surface area contributed by atoms with E-state index < -0.39 is 47.5 Å². The molecule has 0 spiro atoms. The van der Waals surface area contributed by atoms with Crippen molar-refractivity contribution >= 4 is 0 Å². The number of halogens is 14. The van der Waals surface area contributed by atoms with Crippen LogP contribution in [0.5, 0.6) is 0 Å². The second kappa shape index (κ2) is 5.61. The van der Waals surface area contributed by atoms with Crippen molar-refractivity contribution in [1.29, 1.82) is 0 Å². The van der Waals surface area contributed by atoms with Crippen LogP contribution < -0.4 is 0 Å². The van der Waals surface area contributed by atoms with Gasteiger partial charge in [-0.1, -0.05) is 0 Å². The van der Waals surface area contributed by atoms with Crippen LogP contribution in [-0.2, 0) is 0 Å². The molecule has 0 fully saturated rings. The van der Waals surface area contributed by atoms with Crippen LogP contribution in [0.1, 0.15) is 0 Å². The van der Waals surface area contributed by atoms with Gasteiger partial charge in [-0.25, -0.2) is 8.78 Å². The summed E-state index contributed by atoms with van der Waals surface area (Å²) in [6.45, 7) is 0. The van der Waals surface area contributed by atoms with Gasteiger partial charge >= 0.3 is 24.7 Å². The molecule has 0 aliphatic rings. The van der Waals surface area contributed by atoms with E-state index in [0.29, 0.717) is 0 Å². The van der Waals surface area contributed by atoms with Gasteiger partial charge < -0.3 is 0 Å². The third kappa shape index (κ3) is 4.76. The molecule has 14 heteroatoms. The average Bonchev–Trinajstić information content (AvgIpc) is 2.17. The highest BCUT2D eigenvalue weighted by Crippen LogP contribution is 2.49. The number of hydrogen-bond acceptors (Lipinski definition) is 0. The summed E-state index contributed by atoms with van der Waals surface area (Å²) in [6, 6.07) is 0. The maximum atomic E-state index is 12.6. The molecule has 22 heavy (non-hydrogen) atoms. The van der Waals surface area contributed by atoms with E-state index in [9.17, 15) is 61.5 Å². The van der Waals surface area contributed by atoms with Crippen molar-refractivity contribution in [2.75, 3.05) is 0 Å². The van der Waals surface area contributed by atoms with E-state index in [1.807, 2.05) is 0 Å². The molecule has 0 unspecified atom stereocenters. The van der Waals surface area contributed by atoms with Gasteiger partial charge in [0.05, 0.1) is 0 Å². The molecule has 0 aromatic heterocycles. The molecular weight excluding hydrogens is 362 g/mol. The summed E-state index contributed by atoms with van der Waals surface area (Å²) in [7, 11) is 0. The lowest BCUT2D eigenvalue weighted by Gasteiger charge is -2.21. The molecule has 0 amide bonds. The Kier molecular flexibility index (Phi) is 5.22. The lowest BCUT2D eigenvalue weighted by Crippen LogP contribution is -2.30. The van der Waals surface area contributed by atoms with Crippen molar-refractivity contribution in [3.63, 3.8) is 0 Å². The first-order valence-electron chi connectivity index (χ1n) is 4.40. The molecule has 0 radical (unpaired) electrons. The summed E-state index contributed by atoms with van der Waals surface area (Å²) >= 11 is 0. The topological polar surface area (TPSA) is 0 Å². The molecule has 0 heterocycles. The van der Waals surface area contributed by atoms with E-state index in [-0.39, 0.29) is 0 Å². The van der Waals surface area contributed by atoms with Crippen LogP contribution in [0.2, 0.25) is 0 Å². The minimum atomic E-state index is -6.91. The molecular formula is C8F14. The van der Waals surface area contributed by atoms with Gasteiger partial charge in [0.1, 0.15) is 11.1 Å². The predicted octanol–water partition coefficient (Wildman–Crippen LogP) is 5.68. The molecule has 0 bridgehead atoms. The molecule has 0 rings (SSSR count). The SMILES string of the molecule is F/C(=C(/C(=C(\F)C(F)(F)F)C(F)(F)F)C(F)(F)F)C(F)(F)F. The molecule has 0 saturated heterocycles. The Morgan fingerprint density at radius 1 is 0.364 bits per heavy atom. The maximum absolute atomic E-state index is 12.6. The molecule has 0 aromatic rings. The fourth-order valence-corrected chi connectivity index (χ4v) is 1.04. The lowest BCUT2D eigenvalue weighted by atomic mass is 10.0. The summed E-state index contributed by atoms with van der Waals surface area (Å²) < 4.78 is 169. The van der Waals surface area contributed by atoms with Crippen molar-refractivity contribution in [3.8, 4) is 0 Å². The van der Waals surface area contributed by atoms with Gasteiger partial charge in [0.15, 0.2) is 0 Å². The van der Waals surface area contributed by atoms with Gasteiger partial charge in [-0.15, -0.1) is 0 Å². The minimum Gasteiger partial charge on any atom is -0.201 e. The average molecular weight is 362 g/mol. The first kappa shape index (κ1) is 20.5. The molecule has 130 valence electrons. The molecule has 0 saturated carbocycles. The summed E-state index contributed by atoms with van der Waals surface area (Å²) in [5, 5.41) is 0. The number of alkyl halides is 12. The highest BCUT2D eigenvalue weighted by Gasteiger charge is 2.58. The van der Waals surface area contributed by atoms with Gasteiger partial charge in [-0.3, -0.25) is 0 Å². The number of allylic oxidation sites excluding steroid dienone is 4. The first-order chi connectivity index (χ1) is 9.31. The summed E-state index contributed by atoms with van der Waals surface area (Å²) in [5.41, 5.74) is -8.91. The maximum Gasteiger partial charge on any atom is 0.443 e. The molecule has 0 atom stereocenters. The van der Waals surface area contributed by atoms with E-state index in [1.165, 1.54) is 0 Å². The highest BCUT2D eigenvalue weighted by molar-refractivity contribution is 5.44. The van der Waals surface area contributed by atoms with Crippen molar-refractivity contribution in [3.05, 3.63) is 22.8 Å². The number of hydrogen-bond donors (Lipinski definition) is 0. The van der Waals surface area contributed by atoms with Gasteiger partial charge in [0, 0.05) is 0 Å². The fraction of sp³-hybridized carbons (Fsp3) is 0.500. The summed E-state index contributed by atoms with van der Waals surface area (Å²) in [5.74, 6) is -9.13. The van der Waals surface area contributed by atoms with Gasteiger partial charge in [0.25, 0.3) is 0 Å². The van der Waals surface area contributed by atoms with Crippen molar-refractivity contribution in [2.24, 2.45) is 0 Å². The van der Waals surface area contributed by atoms with E-state index in [4.69, 9.17) is 0 Å². The van der Waals surface area contributed by atoms with Gasteiger partial charge in [0.2, 0.25) is 11.7 Å². The third-order valence-electron chi connectivity index (χ3n) is 1.75. The van der Waals surface area contributed by atoms with Crippen LogP contribution in [0.25, 0.3) is 0 Å². The molecule has 0 aromatic carbocycles. The Morgan fingerprint density at radius 3 is 0.636 bits per heavy atom. The summed E-state index contributed by atoms with van der Waals surface area (Å²) in [6.07, 6.45) is -27.3. The van der Waals surface area contributed by atoms with Crippen LogP contribution in [0.15, 0.2) is 22.8 Å². The zero-order valence-corrected chi connectivity index (χ0v) is 9.29. The van der Waals surface area contributed by atoms with Crippen LogP contribution >= 0.6 is 0 Å². The molecule has 0 aliphatic carbocycles. The van der Waals surface area contributed by atoms with E-state index in [2.05, 4.69) is 0 Å². The Bertz CT molecular complexity index is 429. The largest absolute Gasteiger partial charge is 0.443 e. The Balaban J connectivity index is 6.95. The van der Waals surface area contributed by atoms with E-state index in [0.717, 1.165) is 0 Å². The van der Waals surface area contributed by atoms with E-state index >= 15 is 0 Å². The second-order valence-electron chi connectivity index (χ2n) is 3.37. The molecule has 0 nitrogen and oxygen atoms in total. The van der Waals surface area contributed by atoms with Crippen molar-refractivity contribution in [2.45, 2.75) is 24.7 Å². The van der Waals surface area contributed by atoms with Gasteiger partial charge in [-0.05, 0) is 0 Å². The summed E-state index contributed by atoms with van der Waals surface area (Å²) in [4.78, 5) is 0. The third-order valence-corrected chi connectivity index (χ3v) is 1.75. The fourth-order valence-electron chi connectivity index (χ4n) is 1.04. The van der Waals surface area contributed by atoms with Crippen LogP contribution in [0, 0.1) is 0 Å². The quantitative estimate of drug-likeness (QED) is 0.416. The van der Waals surface area contributed by atoms with Crippen molar-refractivity contribution in [1.82, 2.24) is 0 Å². The predicted molar refractivity (Wildman–Crippen MR) is 40.5 cm³/mol. The molecule has 0 N–H and O–H groups in total. The Morgan fingerprint density at radius 2 is 0.545 bits per heavy atom. The second-order valence-corrected chi connectivity index (χ2v) is 3.37. The normalized spacial score (nSPS) is 17.2. The molecule has 0 aliphatic heterocycles. The highest BCUT2D eigenvalue weighted by atomic mass is 19.4. The Hall–Kier alpha value is -1.50. The van der Waals surface area contributed by atoms with Crippen LogP contribution in [-0.4, -0.2) is 24.7 Å². The van der Waals surface area contributed by atoms with Crippen LogP contribution in [0.4, 0.5) is 61.5 Å². The zero-order chi connectivity index (χ0) is 18.3. The van der Waals surface area contributed by atoms with E-state index in [1.54, 1.807) is 0 Å². The van der Waals surface area contributed by atoms with Crippen LogP contribution in [0.3, 0.4) is 0 Å². The first-order valence-corrected chi connectivity index (χ1v) is 4.40. The lowest BCUT2D eigenvalue weighted by molar-refractivity contribution is -0.146. The standard InChI is InChI=1S/C8F14/c9-3(7(17,18)19)1(5(11,12)13)2(6(14,15)16)4(10)8(20,21)22/b3-1-,4-2+. The minimum absolute atomic E-state index is 4.46. The van der Waals surface area contributed by atoms with Gasteiger partial charge in [-0.2, -0.15) is 52.7 Å². The number of rotatable bonds is 1. The van der Waals surface area contributed by atoms with Crippen molar-refractivity contribution < 1.29 is 61.5 Å². The monoisotopic (exact) mass is 362 g/mol. The zero-order valence-electron chi connectivity index (χ0n) is 9.29. The smallest absolute Gasteiger partial charge is 0.201 e.